The van der Waals surface area contributed by atoms with Crippen molar-refractivity contribution in [2.45, 2.75) is 31.9 Å². The standard InChI is InChI=1S/C15H22F2N2O/c1-11(14-8-12(16)4-5-15(14)17)18-9-13(20)10-19-6-2-3-7-19/h4-5,8,11,13,18,20H,2-3,6-7,9-10H2,1H3. The molecular weight excluding hydrogens is 262 g/mol. The van der Waals surface area contributed by atoms with Gasteiger partial charge in [0.25, 0.3) is 0 Å². The van der Waals surface area contributed by atoms with Crippen molar-refractivity contribution in [1.29, 1.82) is 0 Å². The van der Waals surface area contributed by atoms with Crippen molar-refractivity contribution in [3.63, 3.8) is 0 Å². The molecule has 1 aliphatic rings. The van der Waals surface area contributed by atoms with Crippen LogP contribution < -0.4 is 5.32 Å². The zero-order chi connectivity index (χ0) is 14.5. The molecule has 112 valence electrons. The minimum Gasteiger partial charge on any atom is -0.390 e. The summed E-state index contributed by atoms with van der Waals surface area (Å²) in [6.07, 6.45) is 1.88. The van der Waals surface area contributed by atoms with E-state index in [1.165, 1.54) is 18.9 Å². The molecule has 0 aliphatic carbocycles. The summed E-state index contributed by atoms with van der Waals surface area (Å²) < 4.78 is 26.7. The van der Waals surface area contributed by atoms with Crippen LogP contribution in [0.25, 0.3) is 0 Å². The highest BCUT2D eigenvalue weighted by atomic mass is 19.1. The number of hydrogen-bond donors (Lipinski definition) is 2. The lowest BCUT2D eigenvalue weighted by Crippen LogP contribution is -2.38. The highest BCUT2D eigenvalue weighted by Crippen LogP contribution is 2.18. The second-order valence-corrected chi connectivity index (χ2v) is 5.46. The van der Waals surface area contributed by atoms with Crippen LogP contribution in [0.3, 0.4) is 0 Å². The van der Waals surface area contributed by atoms with Crippen LogP contribution in [0, 0.1) is 11.6 Å². The zero-order valence-electron chi connectivity index (χ0n) is 11.8. The molecule has 2 atom stereocenters. The first-order valence-corrected chi connectivity index (χ1v) is 7.15. The summed E-state index contributed by atoms with van der Waals surface area (Å²) >= 11 is 0. The Morgan fingerprint density at radius 2 is 2.00 bits per heavy atom. The van der Waals surface area contributed by atoms with Gasteiger partial charge in [0.2, 0.25) is 0 Å². The summed E-state index contributed by atoms with van der Waals surface area (Å²) in [5.74, 6) is -0.881. The van der Waals surface area contributed by atoms with E-state index in [0.717, 1.165) is 25.2 Å². The Morgan fingerprint density at radius 1 is 1.30 bits per heavy atom. The lowest BCUT2D eigenvalue weighted by molar-refractivity contribution is 0.121. The SMILES string of the molecule is CC(NCC(O)CN1CCCC1)c1cc(F)ccc1F. The molecule has 0 saturated carbocycles. The summed E-state index contributed by atoms with van der Waals surface area (Å²) in [6, 6.07) is 3.09. The van der Waals surface area contributed by atoms with Gasteiger partial charge in [-0.05, 0) is 51.1 Å². The largest absolute Gasteiger partial charge is 0.390 e. The van der Waals surface area contributed by atoms with Crippen LogP contribution in [0.1, 0.15) is 31.4 Å². The van der Waals surface area contributed by atoms with Crippen LogP contribution in [-0.4, -0.2) is 42.3 Å². The van der Waals surface area contributed by atoms with Crippen molar-refractivity contribution in [1.82, 2.24) is 10.2 Å². The number of benzene rings is 1. The molecule has 3 nitrogen and oxygen atoms in total. The van der Waals surface area contributed by atoms with Gasteiger partial charge in [-0.15, -0.1) is 0 Å². The predicted octanol–water partition coefficient (Wildman–Crippen LogP) is 2.07. The number of likely N-dealkylation sites (tertiary alicyclic amines) is 1. The van der Waals surface area contributed by atoms with Crippen molar-refractivity contribution in [3.05, 3.63) is 35.4 Å². The molecule has 1 fully saturated rings. The molecule has 1 aromatic rings. The van der Waals surface area contributed by atoms with Crippen LogP contribution in [0.2, 0.25) is 0 Å². The predicted molar refractivity (Wildman–Crippen MR) is 74.5 cm³/mol. The molecule has 1 saturated heterocycles. The number of halogens is 2. The van der Waals surface area contributed by atoms with E-state index in [1.54, 1.807) is 6.92 Å². The maximum atomic E-state index is 13.6. The first-order valence-electron chi connectivity index (χ1n) is 7.15. The Labute approximate surface area is 118 Å². The number of nitrogens with one attached hydrogen (secondary N) is 1. The topological polar surface area (TPSA) is 35.5 Å². The van der Waals surface area contributed by atoms with E-state index in [-0.39, 0.29) is 6.04 Å². The van der Waals surface area contributed by atoms with Crippen LogP contribution in [0.4, 0.5) is 8.78 Å². The van der Waals surface area contributed by atoms with Gasteiger partial charge < -0.3 is 15.3 Å². The van der Waals surface area contributed by atoms with E-state index in [9.17, 15) is 13.9 Å². The van der Waals surface area contributed by atoms with Crippen LogP contribution >= 0.6 is 0 Å². The van der Waals surface area contributed by atoms with Crippen molar-refractivity contribution >= 4 is 0 Å². The van der Waals surface area contributed by atoms with E-state index >= 15 is 0 Å². The maximum absolute atomic E-state index is 13.6. The molecule has 1 aromatic carbocycles. The van der Waals surface area contributed by atoms with Crippen LogP contribution in [0.15, 0.2) is 18.2 Å². The number of nitrogens with zero attached hydrogens (tertiary/aromatic N) is 1. The van der Waals surface area contributed by atoms with Gasteiger partial charge in [0.15, 0.2) is 0 Å². The van der Waals surface area contributed by atoms with Gasteiger partial charge in [-0.3, -0.25) is 0 Å². The molecule has 1 aliphatic heterocycles. The molecule has 5 heteroatoms. The highest BCUT2D eigenvalue weighted by molar-refractivity contribution is 5.21. The molecule has 0 bridgehead atoms. The third-order valence-electron chi connectivity index (χ3n) is 3.75. The Morgan fingerprint density at radius 3 is 2.70 bits per heavy atom. The van der Waals surface area contributed by atoms with E-state index in [2.05, 4.69) is 10.2 Å². The third-order valence-corrected chi connectivity index (χ3v) is 3.75. The van der Waals surface area contributed by atoms with Crippen LogP contribution in [-0.2, 0) is 0 Å². The van der Waals surface area contributed by atoms with Crippen molar-refractivity contribution in [2.24, 2.45) is 0 Å². The fourth-order valence-corrected chi connectivity index (χ4v) is 2.60. The fourth-order valence-electron chi connectivity index (χ4n) is 2.60. The minimum atomic E-state index is -0.493. The van der Waals surface area contributed by atoms with E-state index in [0.29, 0.717) is 18.7 Å². The molecular formula is C15H22F2N2O. The van der Waals surface area contributed by atoms with Gasteiger partial charge in [-0.25, -0.2) is 8.78 Å². The molecule has 2 N–H and O–H groups in total. The van der Waals surface area contributed by atoms with E-state index in [1.807, 2.05) is 0 Å². The van der Waals surface area contributed by atoms with Gasteiger partial charge >= 0.3 is 0 Å². The van der Waals surface area contributed by atoms with Gasteiger partial charge in [0.05, 0.1) is 6.10 Å². The molecule has 2 rings (SSSR count). The fraction of sp³-hybridized carbons (Fsp3) is 0.600. The molecule has 0 radical (unpaired) electrons. The van der Waals surface area contributed by atoms with Gasteiger partial charge in [0, 0.05) is 24.7 Å². The van der Waals surface area contributed by atoms with Gasteiger partial charge in [-0.2, -0.15) is 0 Å². The average Bonchev–Trinajstić information content (AvgIpc) is 2.91. The molecule has 0 amide bonds. The second-order valence-electron chi connectivity index (χ2n) is 5.46. The molecule has 20 heavy (non-hydrogen) atoms. The molecule has 0 spiro atoms. The number of aliphatic hydroxyl groups excluding tert-OH is 1. The Balaban J connectivity index is 1.81. The summed E-state index contributed by atoms with van der Waals surface area (Å²) in [5.41, 5.74) is 0.290. The van der Waals surface area contributed by atoms with Crippen molar-refractivity contribution in [3.8, 4) is 0 Å². The quantitative estimate of drug-likeness (QED) is 0.839. The van der Waals surface area contributed by atoms with Gasteiger partial charge in [-0.1, -0.05) is 0 Å². The number of rotatable bonds is 6. The number of hydrogen-bond acceptors (Lipinski definition) is 3. The average molecular weight is 284 g/mol. The van der Waals surface area contributed by atoms with E-state index in [4.69, 9.17) is 0 Å². The number of β-amino-alcohol motifs (C(OH)–C–C–N with tert-alkyl or cyclic N) is 1. The van der Waals surface area contributed by atoms with E-state index < -0.39 is 17.7 Å². The van der Waals surface area contributed by atoms with Crippen molar-refractivity contribution < 1.29 is 13.9 Å². The van der Waals surface area contributed by atoms with Gasteiger partial charge in [0.1, 0.15) is 11.6 Å². The molecule has 2 unspecified atom stereocenters. The summed E-state index contributed by atoms with van der Waals surface area (Å²) in [7, 11) is 0. The molecule has 0 aromatic heterocycles. The minimum absolute atomic E-state index is 0.290. The van der Waals surface area contributed by atoms with Crippen LogP contribution in [0.5, 0.6) is 0 Å². The number of aliphatic hydroxyl groups is 1. The highest BCUT2D eigenvalue weighted by Gasteiger charge is 2.17. The Bertz CT molecular complexity index is 436. The Kier molecular flexibility index (Phi) is 5.46. The first-order chi connectivity index (χ1) is 9.56. The monoisotopic (exact) mass is 284 g/mol. The zero-order valence-corrected chi connectivity index (χ0v) is 11.8. The summed E-state index contributed by atoms with van der Waals surface area (Å²) in [6.45, 7) is 4.83. The lowest BCUT2D eigenvalue weighted by Gasteiger charge is -2.22. The summed E-state index contributed by atoms with van der Waals surface area (Å²) in [4.78, 5) is 2.22. The third kappa shape index (κ3) is 4.23. The lowest BCUT2D eigenvalue weighted by atomic mass is 10.1. The Hall–Kier alpha value is -1.04. The summed E-state index contributed by atoms with van der Waals surface area (Å²) in [5, 5.41) is 13.0. The molecule has 1 heterocycles. The maximum Gasteiger partial charge on any atom is 0.128 e. The smallest absolute Gasteiger partial charge is 0.128 e. The first kappa shape index (κ1) is 15.4. The normalized spacial score (nSPS) is 19.2. The van der Waals surface area contributed by atoms with Crippen molar-refractivity contribution in [2.75, 3.05) is 26.2 Å². The second kappa shape index (κ2) is 7.11.